The summed E-state index contributed by atoms with van der Waals surface area (Å²) in [6.45, 7) is 5.03. The maximum Gasteiger partial charge on any atom is 0.336 e. The van der Waals surface area contributed by atoms with Gasteiger partial charge in [-0.2, -0.15) is 0 Å². The minimum Gasteiger partial charge on any atom is -1.00 e. The number of hydrogen-bond donors (Lipinski definition) is 0. The van der Waals surface area contributed by atoms with Crippen LogP contribution < -0.4 is 54.3 Å². The van der Waals surface area contributed by atoms with Crippen LogP contribution in [0.4, 0.5) is 0 Å². The second-order valence-corrected chi connectivity index (χ2v) is 14.6. The van der Waals surface area contributed by atoms with Crippen molar-refractivity contribution >= 4 is 0 Å². The van der Waals surface area contributed by atoms with Crippen molar-refractivity contribution in [3.63, 3.8) is 0 Å². The monoisotopic (exact) mass is 734 g/mol. The fourth-order valence-electron chi connectivity index (χ4n) is 6.12. The van der Waals surface area contributed by atoms with E-state index in [1.807, 2.05) is 54.6 Å². The number of nitrogens with zero attached hydrogens (tertiary/aromatic N) is 6. The van der Waals surface area contributed by atoms with Crippen molar-refractivity contribution in [2.45, 2.75) is 45.7 Å². The number of rotatable bonds is 16. The van der Waals surface area contributed by atoms with Gasteiger partial charge in [-0.1, -0.05) is 91.0 Å². The first-order chi connectivity index (χ1) is 21.8. The van der Waals surface area contributed by atoms with Gasteiger partial charge in [0.05, 0.1) is 75.0 Å². The van der Waals surface area contributed by atoms with E-state index in [-0.39, 0.29) is 56.9 Å². The lowest BCUT2D eigenvalue weighted by Gasteiger charge is -2.31. The third kappa shape index (κ3) is 13.2. The van der Waals surface area contributed by atoms with Gasteiger partial charge in [0.1, 0.15) is 19.6 Å². The lowest BCUT2D eigenvalue weighted by molar-refractivity contribution is -0.904. The van der Waals surface area contributed by atoms with Crippen molar-refractivity contribution in [3.05, 3.63) is 139 Å². The molecule has 0 N–H and O–H groups in total. The SMILES string of the molecule is C[N+](C)(CCCn1c(=O)n(CC[N+](C)(C)Cc2ccccc2)c(=O)n(CC[N+](C)(C)Cc2ccccc2)c1=O)Cc1ccccc1.[Cl-].[Cl-].[Cl-]. The van der Waals surface area contributed by atoms with E-state index in [9.17, 15) is 14.4 Å². The van der Waals surface area contributed by atoms with E-state index in [1.165, 1.54) is 30.4 Å². The van der Waals surface area contributed by atoms with Crippen molar-refractivity contribution in [1.29, 1.82) is 0 Å². The Morgan fingerprint density at radius 3 is 0.980 bits per heavy atom. The lowest BCUT2D eigenvalue weighted by Crippen LogP contribution is -3.00. The van der Waals surface area contributed by atoms with Gasteiger partial charge < -0.3 is 50.7 Å². The average Bonchev–Trinajstić information content (AvgIpc) is 2.99. The highest BCUT2D eigenvalue weighted by atomic mass is 35.5. The van der Waals surface area contributed by atoms with Gasteiger partial charge in [-0.05, 0) is 0 Å². The van der Waals surface area contributed by atoms with Crippen LogP contribution in [0.2, 0.25) is 0 Å². The summed E-state index contributed by atoms with van der Waals surface area (Å²) in [5, 5.41) is 0. The quantitative estimate of drug-likeness (QED) is 0.108. The Kier molecular flexibility index (Phi) is 17.2. The highest BCUT2D eigenvalue weighted by Crippen LogP contribution is 2.12. The maximum atomic E-state index is 13.8. The molecule has 4 rings (SSSR count). The van der Waals surface area contributed by atoms with Crippen molar-refractivity contribution < 1.29 is 50.7 Å². The number of quaternary nitrogens is 3. The predicted molar refractivity (Wildman–Crippen MR) is 185 cm³/mol. The van der Waals surface area contributed by atoms with Crippen LogP contribution in [0.25, 0.3) is 0 Å². The molecule has 0 atom stereocenters. The number of halogens is 3. The Bertz CT molecular complexity index is 1640. The molecule has 4 aromatic rings. The summed E-state index contributed by atoms with van der Waals surface area (Å²) in [4.78, 5) is 41.5. The maximum absolute atomic E-state index is 13.8. The molecule has 0 radical (unpaired) electrons. The number of hydrogen-bond acceptors (Lipinski definition) is 3. The van der Waals surface area contributed by atoms with Crippen LogP contribution in [0.15, 0.2) is 105 Å². The first-order valence-corrected chi connectivity index (χ1v) is 16.3. The van der Waals surface area contributed by atoms with Crippen LogP contribution in [-0.4, -0.2) is 89.1 Å². The molecule has 0 aliphatic rings. The Morgan fingerprint density at radius 2 is 0.673 bits per heavy atom. The first-order valence-electron chi connectivity index (χ1n) is 16.3. The van der Waals surface area contributed by atoms with Crippen LogP contribution in [0.1, 0.15) is 23.1 Å². The Labute approximate surface area is 310 Å². The molecule has 12 heteroatoms. The lowest BCUT2D eigenvalue weighted by atomic mass is 10.2. The smallest absolute Gasteiger partial charge is 0.336 e. The summed E-state index contributed by atoms with van der Waals surface area (Å²) in [6.07, 6.45) is 0.637. The van der Waals surface area contributed by atoms with E-state index in [0.29, 0.717) is 28.5 Å². The van der Waals surface area contributed by atoms with Crippen LogP contribution in [0, 0.1) is 0 Å². The van der Waals surface area contributed by atoms with Gasteiger partial charge in [0.25, 0.3) is 0 Å². The van der Waals surface area contributed by atoms with Crippen LogP contribution in [0.5, 0.6) is 0 Å². The molecular formula is C37H53Cl3N6O3. The molecule has 1 heterocycles. The largest absolute Gasteiger partial charge is 1.00 e. The zero-order chi connectivity index (χ0) is 33.4. The molecule has 0 amide bonds. The molecule has 270 valence electrons. The Morgan fingerprint density at radius 1 is 0.408 bits per heavy atom. The molecular weight excluding hydrogens is 683 g/mol. The summed E-state index contributed by atoms with van der Waals surface area (Å²) < 4.78 is 5.78. The highest BCUT2D eigenvalue weighted by molar-refractivity contribution is 5.14. The topological polar surface area (TPSA) is 66.0 Å². The van der Waals surface area contributed by atoms with Crippen LogP contribution in [-0.2, 0) is 39.3 Å². The van der Waals surface area contributed by atoms with E-state index in [0.717, 1.165) is 30.7 Å². The molecule has 0 bridgehead atoms. The molecule has 0 fully saturated rings. The van der Waals surface area contributed by atoms with Crippen molar-refractivity contribution in [2.24, 2.45) is 0 Å². The van der Waals surface area contributed by atoms with E-state index < -0.39 is 17.1 Å². The summed E-state index contributed by atoms with van der Waals surface area (Å²) >= 11 is 0. The molecule has 0 spiro atoms. The van der Waals surface area contributed by atoms with Crippen molar-refractivity contribution in [3.8, 4) is 0 Å². The molecule has 0 aliphatic carbocycles. The van der Waals surface area contributed by atoms with E-state index in [2.05, 4.69) is 78.7 Å². The average molecular weight is 736 g/mol. The number of benzene rings is 3. The molecule has 9 nitrogen and oxygen atoms in total. The summed E-state index contributed by atoms with van der Waals surface area (Å²) in [7, 11) is 12.7. The number of aromatic nitrogens is 3. The Balaban J connectivity index is 0.00000400. The normalized spacial score (nSPS) is 11.6. The second-order valence-electron chi connectivity index (χ2n) is 14.6. The molecule has 1 aromatic heterocycles. The van der Waals surface area contributed by atoms with Crippen LogP contribution >= 0.6 is 0 Å². The first kappa shape index (κ1) is 43.8. The fraction of sp³-hybridized carbons (Fsp3) is 0.432. The zero-order valence-electron chi connectivity index (χ0n) is 29.8. The zero-order valence-corrected chi connectivity index (χ0v) is 32.0. The van der Waals surface area contributed by atoms with Gasteiger partial charge in [-0.3, -0.25) is 0 Å². The molecule has 0 aliphatic heterocycles. The van der Waals surface area contributed by atoms with Gasteiger partial charge in [-0.15, -0.1) is 0 Å². The third-order valence-corrected chi connectivity index (χ3v) is 8.75. The highest BCUT2D eigenvalue weighted by Gasteiger charge is 2.24. The van der Waals surface area contributed by atoms with Crippen LogP contribution in [0.3, 0.4) is 0 Å². The van der Waals surface area contributed by atoms with E-state index >= 15 is 0 Å². The standard InChI is InChI=1S/C37H53N6O3.3ClH/c1-41(2,29-32-17-10-7-11-18-32)26-16-23-38-35(44)39(24-27-42(3,4)30-33-19-12-8-13-20-33)37(46)40(36(38)45)25-28-43(5,6)31-34-21-14-9-15-22-34;;;/h7-15,17-22H,16,23-31H2,1-6H3;3*1H/q+3;;;/p-3. The predicted octanol–water partition coefficient (Wildman–Crippen LogP) is -5.60. The van der Waals surface area contributed by atoms with Gasteiger partial charge in [-0.25, -0.2) is 28.1 Å². The summed E-state index contributed by atoms with van der Waals surface area (Å²) in [6, 6.07) is 30.8. The molecule has 3 aromatic carbocycles. The number of likely N-dealkylation sites (N-methyl/N-ethyl adjacent to an activating group) is 2. The molecule has 49 heavy (non-hydrogen) atoms. The van der Waals surface area contributed by atoms with Gasteiger partial charge >= 0.3 is 17.1 Å². The second kappa shape index (κ2) is 19.3. The van der Waals surface area contributed by atoms with E-state index in [4.69, 9.17) is 0 Å². The summed E-state index contributed by atoms with van der Waals surface area (Å²) in [5.74, 6) is 0. The summed E-state index contributed by atoms with van der Waals surface area (Å²) in [5.41, 5.74) is 2.07. The molecule has 0 saturated carbocycles. The Hall–Kier alpha value is -3.18. The van der Waals surface area contributed by atoms with Gasteiger partial charge in [0.2, 0.25) is 0 Å². The minimum absolute atomic E-state index is 0. The van der Waals surface area contributed by atoms with Gasteiger partial charge in [0, 0.05) is 29.7 Å². The van der Waals surface area contributed by atoms with Gasteiger partial charge in [0.15, 0.2) is 0 Å². The van der Waals surface area contributed by atoms with E-state index in [1.54, 1.807) is 0 Å². The fourth-order valence-corrected chi connectivity index (χ4v) is 6.12. The molecule has 0 saturated heterocycles. The third-order valence-electron chi connectivity index (χ3n) is 8.75. The minimum atomic E-state index is -0.522. The van der Waals surface area contributed by atoms with Crippen molar-refractivity contribution in [2.75, 3.05) is 61.9 Å². The molecule has 0 unspecified atom stereocenters. The van der Waals surface area contributed by atoms with Crippen molar-refractivity contribution in [1.82, 2.24) is 13.7 Å².